The third-order valence-electron chi connectivity index (χ3n) is 2.77. The SMILES string of the molecule is O=C(NCc1ccc(Cl)cc1)c1cc(Cl)ccc1[N+](=O)[O-]. The first kappa shape index (κ1) is 15.3. The van der Waals surface area contributed by atoms with E-state index < -0.39 is 10.8 Å². The molecule has 0 radical (unpaired) electrons. The zero-order valence-corrected chi connectivity index (χ0v) is 12.2. The molecule has 0 aromatic heterocycles. The van der Waals surface area contributed by atoms with Gasteiger partial charge in [-0.3, -0.25) is 14.9 Å². The van der Waals surface area contributed by atoms with Gasteiger partial charge < -0.3 is 5.32 Å². The summed E-state index contributed by atoms with van der Waals surface area (Å²) >= 11 is 11.5. The predicted molar refractivity (Wildman–Crippen MR) is 80.7 cm³/mol. The fraction of sp³-hybridized carbons (Fsp3) is 0.0714. The molecule has 0 heterocycles. The zero-order valence-electron chi connectivity index (χ0n) is 10.7. The summed E-state index contributed by atoms with van der Waals surface area (Å²) in [6.07, 6.45) is 0. The van der Waals surface area contributed by atoms with Crippen molar-refractivity contribution in [2.75, 3.05) is 0 Å². The lowest BCUT2D eigenvalue weighted by molar-refractivity contribution is -0.385. The molecule has 0 unspecified atom stereocenters. The molecule has 1 N–H and O–H groups in total. The van der Waals surface area contributed by atoms with Gasteiger partial charge in [-0.25, -0.2) is 0 Å². The number of nitro groups is 1. The summed E-state index contributed by atoms with van der Waals surface area (Å²) in [6.45, 7) is 0.236. The lowest BCUT2D eigenvalue weighted by atomic mass is 10.1. The van der Waals surface area contributed by atoms with E-state index in [1.54, 1.807) is 24.3 Å². The van der Waals surface area contributed by atoms with Crippen molar-refractivity contribution in [3.63, 3.8) is 0 Å². The molecule has 7 heteroatoms. The van der Waals surface area contributed by atoms with Crippen LogP contribution < -0.4 is 5.32 Å². The number of rotatable bonds is 4. The number of benzene rings is 2. The Morgan fingerprint density at radius 2 is 1.71 bits per heavy atom. The molecule has 5 nitrogen and oxygen atoms in total. The molecular weight excluding hydrogens is 315 g/mol. The number of carbonyl (C=O) groups is 1. The monoisotopic (exact) mass is 324 g/mol. The maximum Gasteiger partial charge on any atom is 0.282 e. The van der Waals surface area contributed by atoms with E-state index in [0.717, 1.165) is 5.56 Å². The summed E-state index contributed by atoms with van der Waals surface area (Å²) < 4.78 is 0. The van der Waals surface area contributed by atoms with E-state index in [1.165, 1.54) is 18.2 Å². The van der Waals surface area contributed by atoms with E-state index in [2.05, 4.69) is 5.32 Å². The third-order valence-corrected chi connectivity index (χ3v) is 3.25. The van der Waals surface area contributed by atoms with Gasteiger partial charge in [-0.05, 0) is 29.8 Å². The first-order valence-electron chi connectivity index (χ1n) is 5.94. The zero-order chi connectivity index (χ0) is 15.4. The summed E-state index contributed by atoms with van der Waals surface area (Å²) in [7, 11) is 0. The Labute approximate surface area is 130 Å². The average Bonchev–Trinajstić information content (AvgIpc) is 2.46. The van der Waals surface area contributed by atoms with Crippen LogP contribution in [0.25, 0.3) is 0 Å². The molecule has 0 aliphatic carbocycles. The van der Waals surface area contributed by atoms with Crippen LogP contribution in [0.15, 0.2) is 42.5 Å². The molecule has 0 aliphatic heterocycles. The number of nitrogens with zero attached hydrogens (tertiary/aromatic N) is 1. The van der Waals surface area contributed by atoms with Crippen molar-refractivity contribution in [3.05, 3.63) is 73.8 Å². The molecule has 0 saturated carbocycles. The largest absolute Gasteiger partial charge is 0.348 e. The van der Waals surface area contributed by atoms with E-state index in [4.69, 9.17) is 23.2 Å². The summed E-state index contributed by atoms with van der Waals surface area (Å²) in [4.78, 5) is 22.4. The lowest BCUT2D eigenvalue weighted by Gasteiger charge is -2.06. The lowest BCUT2D eigenvalue weighted by Crippen LogP contribution is -2.23. The predicted octanol–water partition coefficient (Wildman–Crippen LogP) is 3.83. The van der Waals surface area contributed by atoms with Crippen LogP contribution in [0.1, 0.15) is 15.9 Å². The summed E-state index contributed by atoms with van der Waals surface area (Å²) in [5.41, 5.74) is 0.479. The van der Waals surface area contributed by atoms with Crippen LogP contribution in [-0.4, -0.2) is 10.8 Å². The Kier molecular flexibility index (Phi) is 4.77. The second-order valence-electron chi connectivity index (χ2n) is 4.23. The highest BCUT2D eigenvalue weighted by atomic mass is 35.5. The molecule has 2 rings (SSSR count). The van der Waals surface area contributed by atoms with Gasteiger partial charge in [0.2, 0.25) is 0 Å². The first-order valence-corrected chi connectivity index (χ1v) is 6.69. The number of nitro benzene ring substituents is 1. The van der Waals surface area contributed by atoms with Gasteiger partial charge in [0.15, 0.2) is 0 Å². The van der Waals surface area contributed by atoms with Gasteiger partial charge in [0.05, 0.1) is 4.92 Å². The van der Waals surface area contributed by atoms with Gasteiger partial charge in [-0.2, -0.15) is 0 Å². The van der Waals surface area contributed by atoms with Gasteiger partial charge in [0, 0.05) is 22.7 Å². The number of amides is 1. The molecular formula is C14H10Cl2N2O3. The highest BCUT2D eigenvalue weighted by Crippen LogP contribution is 2.22. The highest BCUT2D eigenvalue weighted by Gasteiger charge is 2.20. The summed E-state index contributed by atoms with van der Waals surface area (Å²) in [5.74, 6) is -0.556. The molecule has 21 heavy (non-hydrogen) atoms. The normalized spacial score (nSPS) is 10.2. The number of carbonyl (C=O) groups excluding carboxylic acids is 1. The number of nitrogens with one attached hydrogen (secondary N) is 1. The Hall–Kier alpha value is -2.11. The summed E-state index contributed by atoms with van der Waals surface area (Å²) in [5, 5.41) is 14.4. The van der Waals surface area contributed by atoms with Crippen LogP contribution >= 0.6 is 23.2 Å². The van der Waals surface area contributed by atoms with E-state index in [-0.39, 0.29) is 22.8 Å². The average molecular weight is 325 g/mol. The van der Waals surface area contributed by atoms with Gasteiger partial charge in [0.25, 0.3) is 11.6 Å². The van der Waals surface area contributed by atoms with Crippen molar-refractivity contribution >= 4 is 34.8 Å². The van der Waals surface area contributed by atoms with E-state index in [0.29, 0.717) is 5.02 Å². The fourth-order valence-electron chi connectivity index (χ4n) is 1.73. The van der Waals surface area contributed by atoms with Crippen LogP contribution in [0.4, 0.5) is 5.69 Å². The molecule has 2 aromatic rings. The smallest absolute Gasteiger partial charge is 0.282 e. The van der Waals surface area contributed by atoms with Crippen LogP contribution in [0, 0.1) is 10.1 Å². The Balaban J connectivity index is 2.15. The second-order valence-corrected chi connectivity index (χ2v) is 5.10. The van der Waals surface area contributed by atoms with Crippen molar-refractivity contribution in [1.29, 1.82) is 0 Å². The quantitative estimate of drug-likeness (QED) is 0.686. The van der Waals surface area contributed by atoms with E-state index in [1.807, 2.05) is 0 Å². The minimum Gasteiger partial charge on any atom is -0.348 e. The molecule has 2 aromatic carbocycles. The molecule has 108 valence electrons. The fourth-order valence-corrected chi connectivity index (χ4v) is 2.03. The highest BCUT2D eigenvalue weighted by molar-refractivity contribution is 6.31. The standard InChI is InChI=1S/C14H10Cl2N2O3/c15-10-3-1-9(2-4-10)8-17-14(19)12-7-11(16)5-6-13(12)18(20)21/h1-7H,8H2,(H,17,19). The number of hydrogen-bond acceptors (Lipinski definition) is 3. The van der Waals surface area contributed by atoms with Crippen LogP contribution in [-0.2, 0) is 6.54 Å². The molecule has 0 saturated heterocycles. The van der Waals surface area contributed by atoms with Crippen molar-refractivity contribution in [2.24, 2.45) is 0 Å². The van der Waals surface area contributed by atoms with Gasteiger partial charge >= 0.3 is 0 Å². The molecule has 0 fully saturated rings. The second kappa shape index (κ2) is 6.56. The molecule has 0 spiro atoms. The minimum atomic E-state index is -0.618. The maximum atomic E-state index is 12.1. The molecule has 0 aliphatic rings. The van der Waals surface area contributed by atoms with E-state index >= 15 is 0 Å². The molecule has 0 atom stereocenters. The van der Waals surface area contributed by atoms with Crippen molar-refractivity contribution in [2.45, 2.75) is 6.54 Å². The molecule has 0 bridgehead atoms. The molecule has 1 amide bonds. The minimum absolute atomic E-state index is 0.0681. The van der Waals surface area contributed by atoms with Crippen LogP contribution in [0.5, 0.6) is 0 Å². The third kappa shape index (κ3) is 3.93. The van der Waals surface area contributed by atoms with Crippen molar-refractivity contribution in [1.82, 2.24) is 5.32 Å². The maximum absolute atomic E-state index is 12.1. The van der Waals surface area contributed by atoms with Crippen molar-refractivity contribution < 1.29 is 9.72 Å². The topological polar surface area (TPSA) is 72.2 Å². The van der Waals surface area contributed by atoms with E-state index in [9.17, 15) is 14.9 Å². The first-order chi connectivity index (χ1) is 9.97. The van der Waals surface area contributed by atoms with Crippen LogP contribution in [0.2, 0.25) is 10.0 Å². The van der Waals surface area contributed by atoms with Crippen molar-refractivity contribution in [3.8, 4) is 0 Å². The number of hydrogen-bond donors (Lipinski definition) is 1. The Morgan fingerprint density at radius 1 is 1.10 bits per heavy atom. The summed E-state index contributed by atoms with van der Waals surface area (Å²) in [6, 6.07) is 10.8. The van der Waals surface area contributed by atoms with Crippen LogP contribution in [0.3, 0.4) is 0 Å². The van der Waals surface area contributed by atoms with Gasteiger partial charge in [0.1, 0.15) is 5.56 Å². The van der Waals surface area contributed by atoms with Gasteiger partial charge in [-0.1, -0.05) is 35.3 Å². The van der Waals surface area contributed by atoms with Gasteiger partial charge in [-0.15, -0.1) is 0 Å². The Bertz CT molecular complexity index is 687. The Morgan fingerprint density at radius 3 is 2.33 bits per heavy atom. The number of halogens is 2.